The van der Waals surface area contributed by atoms with Crippen molar-refractivity contribution >= 4 is 23.5 Å². The van der Waals surface area contributed by atoms with Crippen molar-refractivity contribution in [3.63, 3.8) is 0 Å². The largest absolute Gasteiger partial charge is 0.480 e. The highest BCUT2D eigenvalue weighted by atomic mass is 35.5. The Morgan fingerprint density at radius 3 is 2.55 bits per heavy atom. The van der Waals surface area contributed by atoms with Gasteiger partial charge in [-0.2, -0.15) is 0 Å². The first-order chi connectivity index (χ1) is 9.35. The summed E-state index contributed by atoms with van der Waals surface area (Å²) in [5, 5.41) is 19.1. The number of aromatic nitrogens is 1. The lowest BCUT2D eigenvalue weighted by molar-refractivity contribution is -0.142. The molecule has 1 aliphatic rings. The predicted octanol–water partition coefficient (Wildman–Crippen LogP) is 2.42. The smallest absolute Gasteiger partial charge is 0.331 e. The van der Waals surface area contributed by atoms with E-state index in [-0.39, 0.29) is 17.7 Å². The van der Waals surface area contributed by atoms with E-state index in [4.69, 9.17) is 16.7 Å². The van der Waals surface area contributed by atoms with E-state index in [1.807, 2.05) is 0 Å². The molecule has 0 aliphatic heterocycles. The summed E-state index contributed by atoms with van der Waals surface area (Å²) in [4.78, 5) is 26.9. The number of carbonyl (C=O) groups is 2. The Balaban J connectivity index is 2.58. The molecule has 0 radical (unpaired) electrons. The van der Waals surface area contributed by atoms with Crippen LogP contribution in [-0.2, 0) is 15.0 Å². The SMILES string of the molecule is CC1=CC(C(=O)O)(c2ccc(Cl)cn2)CC(C(=O)O)=C1. The van der Waals surface area contributed by atoms with Gasteiger partial charge in [-0.25, -0.2) is 4.79 Å². The second kappa shape index (κ2) is 5.09. The van der Waals surface area contributed by atoms with Gasteiger partial charge in [0.2, 0.25) is 0 Å². The van der Waals surface area contributed by atoms with Crippen molar-refractivity contribution in [1.29, 1.82) is 0 Å². The fourth-order valence-electron chi connectivity index (χ4n) is 2.30. The molecule has 5 nitrogen and oxygen atoms in total. The van der Waals surface area contributed by atoms with E-state index >= 15 is 0 Å². The Morgan fingerprint density at radius 1 is 1.35 bits per heavy atom. The standard InChI is InChI=1S/C14H12ClNO4/c1-8-4-9(12(17)18)6-14(5-8,13(19)20)11-3-2-10(15)7-16-11/h2-5,7H,6H2,1H3,(H,17,18)(H,19,20). The van der Waals surface area contributed by atoms with E-state index in [1.165, 1.54) is 30.5 Å². The van der Waals surface area contributed by atoms with Crippen LogP contribution in [0.1, 0.15) is 19.0 Å². The summed E-state index contributed by atoms with van der Waals surface area (Å²) in [7, 11) is 0. The van der Waals surface area contributed by atoms with Gasteiger partial charge < -0.3 is 10.2 Å². The van der Waals surface area contributed by atoms with Gasteiger partial charge in [0.15, 0.2) is 0 Å². The molecular weight excluding hydrogens is 282 g/mol. The lowest BCUT2D eigenvalue weighted by Gasteiger charge is -2.29. The van der Waals surface area contributed by atoms with Crippen LogP contribution in [0, 0.1) is 0 Å². The molecule has 20 heavy (non-hydrogen) atoms. The van der Waals surface area contributed by atoms with Crippen molar-refractivity contribution in [3.05, 3.63) is 52.3 Å². The second-order valence-electron chi connectivity index (χ2n) is 4.68. The van der Waals surface area contributed by atoms with E-state index in [0.717, 1.165) is 0 Å². The lowest BCUT2D eigenvalue weighted by atomic mass is 9.73. The summed E-state index contributed by atoms with van der Waals surface area (Å²) >= 11 is 5.75. The number of nitrogens with zero attached hydrogens (tertiary/aromatic N) is 1. The van der Waals surface area contributed by atoms with Crippen LogP contribution >= 0.6 is 11.6 Å². The molecule has 1 unspecified atom stereocenters. The highest BCUT2D eigenvalue weighted by Crippen LogP contribution is 2.37. The molecule has 0 saturated heterocycles. The quantitative estimate of drug-likeness (QED) is 0.893. The number of pyridine rings is 1. The molecule has 0 fully saturated rings. The fourth-order valence-corrected chi connectivity index (χ4v) is 2.41. The zero-order valence-corrected chi connectivity index (χ0v) is 11.4. The minimum Gasteiger partial charge on any atom is -0.480 e. The third-order valence-corrected chi connectivity index (χ3v) is 3.41. The lowest BCUT2D eigenvalue weighted by Crippen LogP contribution is -2.38. The summed E-state index contributed by atoms with van der Waals surface area (Å²) in [6.07, 6.45) is 4.20. The molecular formula is C14H12ClNO4. The number of allylic oxidation sites excluding steroid dienone is 2. The average Bonchev–Trinajstić information content (AvgIpc) is 2.38. The Labute approximate surface area is 120 Å². The van der Waals surface area contributed by atoms with E-state index in [9.17, 15) is 14.7 Å². The predicted molar refractivity (Wildman–Crippen MR) is 72.7 cm³/mol. The molecule has 104 valence electrons. The van der Waals surface area contributed by atoms with Gasteiger partial charge in [0.05, 0.1) is 10.7 Å². The van der Waals surface area contributed by atoms with Crippen molar-refractivity contribution in [2.75, 3.05) is 0 Å². The van der Waals surface area contributed by atoms with Crippen LogP contribution in [0.5, 0.6) is 0 Å². The number of hydrogen-bond donors (Lipinski definition) is 2. The summed E-state index contributed by atoms with van der Waals surface area (Å²) in [5.74, 6) is -2.27. The number of rotatable bonds is 3. The molecule has 1 aromatic rings. The number of hydrogen-bond acceptors (Lipinski definition) is 3. The molecule has 0 saturated carbocycles. The maximum absolute atomic E-state index is 11.7. The van der Waals surface area contributed by atoms with Gasteiger partial charge >= 0.3 is 11.9 Å². The molecule has 0 bridgehead atoms. The van der Waals surface area contributed by atoms with Crippen molar-refractivity contribution < 1.29 is 19.8 Å². The third-order valence-electron chi connectivity index (χ3n) is 3.19. The van der Waals surface area contributed by atoms with Crippen LogP contribution in [0.3, 0.4) is 0 Å². The molecule has 1 aliphatic carbocycles. The number of carboxylic acids is 2. The van der Waals surface area contributed by atoms with Crippen LogP contribution in [0.2, 0.25) is 5.02 Å². The Hall–Kier alpha value is -2.14. The topological polar surface area (TPSA) is 87.5 Å². The van der Waals surface area contributed by atoms with Gasteiger partial charge in [-0.05, 0) is 25.1 Å². The third kappa shape index (κ3) is 2.44. The van der Waals surface area contributed by atoms with E-state index in [1.54, 1.807) is 6.92 Å². The fraction of sp³-hybridized carbons (Fsp3) is 0.214. The van der Waals surface area contributed by atoms with Crippen LogP contribution in [0.25, 0.3) is 0 Å². The van der Waals surface area contributed by atoms with Crippen LogP contribution < -0.4 is 0 Å². The molecule has 2 N–H and O–H groups in total. The summed E-state index contributed by atoms with van der Waals surface area (Å²) < 4.78 is 0. The normalized spacial score (nSPS) is 21.9. The zero-order valence-electron chi connectivity index (χ0n) is 10.6. The van der Waals surface area contributed by atoms with E-state index in [2.05, 4.69) is 4.98 Å². The summed E-state index contributed by atoms with van der Waals surface area (Å²) in [5.41, 5.74) is -0.588. The van der Waals surface area contributed by atoms with Crippen LogP contribution in [0.15, 0.2) is 41.6 Å². The van der Waals surface area contributed by atoms with Crippen LogP contribution in [0.4, 0.5) is 0 Å². The number of carboxylic acid groups (broad SMARTS) is 2. The summed E-state index contributed by atoms with van der Waals surface area (Å²) in [6.45, 7) is 1.66. The monoisotopic (exact) mass is 293 g/mol. The minimum absolute atomic E-state index is 0.0455. The molecule has 2 rings (SSSR count). The van der Waals surface area contributed by atoms with E-state index < -0.39 is 17.4 Å². The Bertz CT molecular complexity index is 633. The first-order valence-electron chi connectivity index (χ1n) is 5.84. The molecule has 1 aromatic heterocycles. The molecule has 0 aromatic carbocycles. The first kappa shape index (κ1) is 14.3. The Kier molecular flexibility index (Phi) is 3.63. The van der Waals surface area contributed by atoms with Crippen molar-refractivity contribution in [1.82, 2.24) is 4.98 Å². The zero-order chi connectivity index (χ0) is 14.9. The number of halogens is 1. The molecule has 1 heterocycles. The molecule has 6 heteroatoms. The van der Waals surface area contributed by atoms with Gasteiger partial charge in [-0.3, -0.25) is 9.78 Å². The second-order valence-corrected chi connectivity index (χ2v) is 5.11. The molecule has 0 amide bonds. The van der Waals surface area contributed by atoms with Crippen molar-refractivity contribution in [3.8, 4) is 0 Å². The van der Waals surface area contributed by atoms with Gasteiger partial charge in [-0.15, -0.1) is 0 Å². The van der Waals surface area contributed by atoms with Gasteiger partial charge in [0.1, 0.15) is 5.41 Å². The first-order valence-corrected chi connectivity index (χ1v) is 6.22. The number of aliphatic carboxylic acids is 2. The highest BCUT2D eigenvalue weighted by molar-refractivity contribution is 6.30. The molecule has 1 atom stereocenters. The minimum atomic E-state index is -1.48. The average molecular weight is 294 g/mol. The Morgan fingerprint density at radius 2 is 2.05 bits per heavy atom. The molecule has 0 spiro atoms. The highest BCUT2D eigenvalue weighted by Gasteiger charge is 2.43. The summed E-state index contributed by atoms with van der Waals surface area (Å²) in [6, 6.07) is 3.04. The van der Waals surface area contributed by atoms with E-state index in [0.29, 0.717) is 10.6 Å². The maximum Gasteiger partial charge on any atom is 0.331 e. The van der Waals surface area contributed by atoms with Crippen molar-refractivity contribution in [2.45, 2.75) is 18.8 Å². The van der Waals surface area contributed by atoms with Crippen LogP contribution in [-0.4, -0.2) is 27.1 Å². The van der Waals surface area contributed by atoms with Crippen molar-refractivity contribution in [2.24, 2.45) is 0 Å². The van der Waals surface area contributed by atoms with Gasteiger partial charge in [0.25, 0.3) is 0 Å². The van der Waals surface area contributed by atoms with Gasteiger partial charge in [-0.1, -0.05) is 23.3 Å². The van der Waals surface area contributed by atoms with Gasteiger partial charge in [0, 0.05) is 18.2 Å². The maximum atomic E-state index is 11.7.